The molecule has 0 unspecified atom stereocenters. The first-order chi connectivity index (χ1) is 8.97. The molecule has 19 heavy (non-hydrogen) atoms. The predicted molar refractivity (Wildman–Crippen MR) is 67.5 cm³/mol. The van der Waals surface area contributed by atoms with Gasteiger partial charge in [-0.15, -0.1) is 0 Å². The summed E-state index contributed by atoms with van der Waals surface area (Å²) < 4.78 is 11.1. The van der Waals surface area contributed by atoms with Crippen molar-refractivity contribution in [2.75, 3.05) is 0 Å². The van der Waals surface area contributed by atoms with Crippen molar-refractivity contribution in [3.63, 3.8) is 0 Å². The van der Waals surface area contributed by atoms with E-state index < -0.39 is 5.75 Å². The highest BCUT2D eigenvalue weighted by molar-refractivity contribution is 5.68. The third-order valence-corrected chi connectivity index (χ3v) is 2.97. The van der Waals surface area contributed by atoms with E-state index in [2.05, 4.69) is 0 Å². The zero-order valence-electron chi connectivity index (χ0n) is 10.4. The number of hydrogen-bond donors (Lipinski definition) is 3. The first-order valence-corrected chi connectivity index (χ1v) is 5.72. The third-order valence-electron chi connectivity index (χ3n) is 2.97. The van der Waals surface area contributed by atoms with Gasteiger partial charge in [0.05, 0.1) is 0 Å². The molecule has 0 radical (unpaired) electrons. The van der Waals surface area contributed by atoms with E-state index in [4.69, 9.17) is 9.47 Å². The van der Waals surface area contributed by atoms with Crippen LogP contribution in [0.5, 0.6) is 40.2 Å². The quantitative estimate of drug-likeness (QED) is 0.540. The lowest BCUT2D eigenvalue weighted by atomic mass is 10.1. The van der Waals surface area contributed by atoms with E-state index in [0.717, 1.165) is 5.56 Å². The lowest BCUT2D eigenvalue weighted by molar-refractivity contribution is 0.310. The highest BCUT2D eigenvalue weighted by Gasteiger charge is 2.28. The summed E-state index contributed by atoms with van der Waals surface area (Å²) in [6.07, 6.45) is 0. The summed E-state index contributed by atoms with van der Waals surface area (Å²) in [5.41, 5.74) is 1.45. The first kappa shape index (κ1) is 11.5. The van der Waals surface area contributed by atoms with Crippen molar-refractivity contribution in [1.29, 1.82) is 0 Å². The normalized spacial score (nSPS) is 12.1. The summed E-state index contributed by atoms with van der Waals surface area (Å²) in [7, 11) is 0. The van der Waals surface area contributed by atoms with Crippen molar-refractivity contribution in [1.82, 2.24) is 0 Å². The Morgan fingerprint density at radius 2 is 1.53 bits per heavy atom. The molecule has 3 rings (SSSR count). The molecule has 5 nitrogen and oxygen atoms in total. The number of aromatic hydroxyl groups is 3. The molecule has 0 aliphatic carbocycles. The summed E-state index contributed by atoms with van der Waals surface area (Å²) in [5, 5.41) is 29.2. The van der Waals surface area contributed by atoms with Gasteiger partial charge in [0.2, 0.25) is 17.2 Å². The number of fused-ring (bicyclic) bond motifs is 2. The van der Waals surface area contributed by atoms with Crippen LogP contribution in [0.3, 0.4) is 0 Å². The molecule has 0 bridgehead atoms. The van der Waals surface area contributed by atoms with Gasteiger partial charge in [-0.1, -0.05) is 0 Å². The fraction of sp³-hybridized carbons (Fsp3) is 0.143. The van der Waals surface area contributed by atoms with Crippen LogP contribution in [-0.2, 0) is 0 Å². The zero-order chi connectivity index (χ0) is 13.7. The molecule has 1 aliphatic rings. The van der Waals surface area contributed by atoms with E-state index in [1.807, 2.05) is 6.92 Å². The molecule has 5 heteroatoms. The second-order valence-electron chi connectivity index (χ2n) is 4.53. The minimum Gasteiger partial charge on any atom is -0.504 e. The van der Waals surface area contributed by atoms with Crippen LogP contribution in [-0.4, -0.2) is 15.3 Å². The van der Waals surface area contributed by atoms with Gasteiger partial charge in [-0.05, 0) is 43.2 Å². The molecule has 2 aromatic carbocycles. The molecule has 0 aromatic heterocycles. The van der Waals surface area contributed by atoms with Crippen LogP contribution < -0.4 is 9.47 Å². The minimum absolute atomic E-state index is 0.00385. The smallest absolute Gasteiger partial charge is 0.216 e. The molecule has 0 saturated heterocycles. The van der Waals surface area contributed by atoms with E-state index >= 15 is 0 Å². The van der Waals surface area contributed by atoms with Gasteiger partial charge in [0.1, 0.15) is 0 Å². The van der Waals surface area contributed by atoms with Gasteiger partial charge < -0.3 is 24.8 Å². The summed E-state index contributed by atoms with van der Waals surface area (Å²) in [6, 6.07) is 4.64. The summed E-state index contributed by atoms with van der Waals surface area (Å²) in [6.45, 7) is 3.54. The molecule has 1 aliphatic heterocycles. The van der Waals surface area contributed by atoms with Gasteiger partial charge in [0, 0.05) is 0 Å². The minimum atomic E-state index is -0.411. The second kappa shape index (κ2) is 3.71. The molecule has 0 amide bonds. The molecule has 0 fully saturated rings. The summed E-state index contributed by atoms with van der Waals surface area (Å²) in [5.74, 6) is 0.0377. The molecule has 0 atom stereocenters. The Hall–Kier alpha value is -2.56. The van der Waals surface area contributed by atoms with E-state index in [1.165, 1.54) is 12.1 Å². The Labute approximate surface area is 109 Å². The van der Waals surface area contributed by atoms with Crippen molar-refractivity contribution in [2.45, 2.75) is 13.8 Å². The third kappa shape index (κ3) is 1.62. The molecule has 2 aromatic rings. The number of phenolic OH excluding ortho intramolecular Hbond substituents is 3. The van der Waals surface area contributed by atoms with Crippen molar-refractivity contribution < 1.29 is 24.8 Å². The Morgan fingerprint density at radius 1 is 0.789 bits per heavy atom. The molecule has 98 valence electrons. The number of rotatable bonds is 0. The highest BCUT2D eigenvalue weighted by atomic mass is 16.6. The molecular formula is C14H12O5. The van der Waals surface area contributed by atoms with Crippen molar-refractivity contribution in [3.8, 4) is 40.2 Å². The first-order valence-electron chi connectivity index (χ1n) is 5.72. The maximum absolute atomic E-state index is 9.84. The number of benzene rings is 2. The maximum atomic E-state index is 9.84. The summed E-state index contributed by atoms with van der Waals surface area (Å²) in [4.78, 5) is 0. The Kier molecular flexibility index (Phi) is 2.25. The van der Waals surface area contributed by atoms with E-state index in [9.17, 15) is 15.3 Å². The number of aryl methyl sites for hydroxylation is 2. The van der Waals surface area contributed by atoms with E-state index in [0.29, 0.717) is 17.1 Å². The largest absolute Gasteiger partial charge is 0.504 e. The molecule has 3 N–H and O–H groups in total. The van der Waals surface area contributed by atoms with E-state index in [-0.39, 0.29) is 23.0 Å². The lowest BCUT2D eigenvalue weighted by Gasteiger charge is -2.24. The fourth-order valence-electron chi connectivity index (χ4n) is 2.08. The standard InChI is InChI=1S/C14H12O5/c1-6-3-9(16)13-10(4-6)18-12-7(2)5-8(15)11(17)14(12)19-13/h3-5,15-17H,1-2H3. The van der Waals surface area contributed by atoms with Crippen LogP contribution in [0.15, 0.2) is 18.2 Å². The van der Waals surface area contributed by atoms with Crippen LogP contribution in [0.4, 0.5) is 0 Å². The topological polar surface area (TPSA) is 79.2 Å². The monoisotopic (exact) mass is 260 g/mol. The lowest BCUT2D eigenvalue weighted by Crippen LogP contribution is -2.01. The summed E-state index contributed by atoms with van der Waals surface area (Å²) >= 11 is 0. The number of hydrogen-bond acceptors (Lipinski definition) is 5. The number of phenols is 3. The van der Waals surface area contributed by atoms with Gasteiger partial charge in [-0.2, -0.15) is 0 Å². The molecular weight excluding hydrogens is 248 g/mol. The van der Waals surface area contributed by atoms with Crippen LogP contribution in [0, 0.1) is 13.8 Å². The zero-order valence-corrected chi connectivity index (χ0v) is 10.4. The SMILES string of the molecule is Cc1cc(O)c2c(c1)Oc1c(C)cc(O)c(O)c1O2. The molecule has 0 saturated carbocycles. The van der Waals surface area contributed by atoms with Gasteiger partial charge >= 0.3 is 0 Å². The predicted octanol–water partition coefficient (Wildman–Crippen LogP) is 3.32. The van der Waals surface area contributed by atoms with E-state index in [1.54, 1.807) is 13.0 Å². The Bertz CT molecular complexity index is 691. The van der Waals surface area contributed by atoms with Gasteiger partial charge in [-0.3, -0.25) is 0 Å². The van der Waals surface area contributed by atoms with Crippen molar-refractivity contribution in [2.24, 2.45) is 0 Å². The highest BCUT2D eigenvalue weighted by Crippen LogP contribution is 2.56. The fourth-order valence-corrected chi connectivity index (χ4v) is 2.08. The van der Waals surface area contributed by atoms with Crippen LogP contribution in [0.1, 0.15) is 11.1 Å². The molecule has 1 heterocycles. The Balaban J connectivity index is 2.22. The van der Waals surface area contributed by atoms with Crippen molar-refractivity contribution >= 4 is 0 Å². The average molecular weight is 260 g/mol. The van der Waals surface area contributed by atoms with Gasteiger partial charge in [-0.25, -0.2) is 0 Å². The van der Waals surface area contributed by atoms with Gasteiger partial charge in [0.15, 0.2) is 23.0 Å². The average Bonchev–Trinajstić information content (AvgIpc) is 2.34. The Morgan fingerprint density at radius 3 is 2.26 bits per heavy atom. The molecule has 0 spiro atoms. The second-order valence-corrected chi connectivity index (χ2v) is 4.53. The van der Waals surface area contributed by atoms with Crippen LogP contribution in [0.25, 0.3) is 0 Å². The van der Waals surface area contributed by atoms with Crippen molar-refractivity contribution in [3.05, 3.63) is 29.3 Å². The van der Waals surface area contributed by atoms with Crippen LogP contribution in [0.2, 0.25) is 0 Å². The van der Waals surface area contributed by atoms with Gasteiger partial charge in [0.25, 0.3) is 0 Å². The maximum Gasteiger partial charge on any atom is 0.216 e. The number of ether oxygens (including phenoxy) is 2. The van der Waals surface area contributed by atoms with Crippen LogP contribution >= 0.6 is 0 Å².